The van der Waals surface area contributed by atoms with Crippen molar-refractivity contribution in [2.75, 3.05) is 27.7 Å². The van der Waals surface area contributed by atoms with Crippen molar-refractivity contribution in [3.05, 3.63) is 71.3 Å². The molecule has 2 aromatic rings. The van der Waals surface area contributed by atoms with E-state index in [0.717, 1.165) is 50.0 Å². The molecule has 0 aromatic heterocycles. The third kappa shape index (κ3) is 5.71. The highest BCUT2D eigenvalue weighted by Gasteiger charge is 2.40. The van der Waals surface area contributed by atoms with Gasteiger partial charge in [0, 0.05) is 12.5 Å². The van der Waals surface area contributed by atoms with Crippen molar-refractivity contribution in [3.63, 3.8) is 0 Å². The number of benzene rings is 2. The van der Waals surface area contributed by atoms with E-state index in [9.17, 15) is 5.11 Å². The van der Waals surface area contributed by atoms with E-state index in [4.69, 9.17) is 4.74 Å². The molecule has 1 fully saturated rings. The van der Waals surface area contributed by atoms with Crippen molar-refractivity contribution in [1.29, 1.82) is 0 Å². The first-order valence-electron chi connectivity index (χ1n) is 10.8. The largest absolute Gasteiger partial charge is 0.497 e. The molecule has 0 spiro atoms. The summed E-state index contributed by atoms with van der Waals surface area (Å²) in [6, 6.07) is 18.7. The molecular formula is C26H35NO2. The minimum absolute atomic E-state index is 0.244. The fourth-order valence-electron chi connectivity index (χ4n) is 4.55. The number of hydrogen-bond donors (Lipinski definition) is 1. The van der Waals surface area contributed by atoms with Crippen LogP contribution >= 0.6 is 0 Å². The number of aryl methyl sites for hydroxylation is 1. The first-order valence-corrected chi connectivity index (χ1v) is 10.8. The number of nitrogens with zero attached hydrogens (tertiary/aromatic N) is 1. The highest BCUT2D eigenvalue weighted by Crippen LogP contribution is 2.41. The summed E-state index contributed by atoms with van der Waals surface area (Å²) in [6.45, 7) is 0.908. The van der Waals surface area contributed by atoms with Gasteiger partial charge in [0.15, 0.2) is 0 Å². The predicted molar refractivity (Wildman–Crippen MR) is 121 cm³/mol. The van der Waals surface area contributed by atoms with Gasteiger partial charge < -0.3 is 14.7 Å². The van der Waals surface area contributed by atoms with Gasteiger partial charge in [0.05, 0.1) is 12.7 Å². The molecule has 3 nitrogen and oxygen atoms in total. The van der Waals surface area contributed by atoms with Gasteiger partial charge in [0.25, 0.3) is 0 Å². The molecule has 3 heteroatoms. The molecule has 0 amide bonds. The Labute approximate surface area is 176 Å². The third-order valence-electron chi connectivity index (χ3n) is 6.16. The van der Waals surface area contributed by atoms with Crippen molar-refractivity contribution in [2.45, 2.75) is 44.1 Å². The van der Waals surface area contributed by atoms with Gasteiger partial charge in [-0.1, -0.05) is 55.0 Å². The van der Waals surface area contributed by atoms with Crippen molar-refractivity contribution in [1.82, 2.24) is 4.90 Å². The molecule has 1 N–H and O–H groups in total. The van der Waals surface area contributed by atoms with Gasteiger partial charge in [-0.2, -0.15) is 0 Å². The number of methoxy groups -OCH3 is 1. The van der Waals surface area contributed by atoms with Gasteiger partial charge >= 0.3 is 0 Å². The standard InChI is InChI=1S/C26H35NO2/c1-27(2)20-24-12-8-7-11-23(19-22-13-15-25(29-3)16-14-22)26(24,28)18-17-21-9-5-4-6-10-21/h4-6,9-10,13-16,19,24,28H,7-8,11-12,17-18,20H2,1-3H3/b23-19+. The van der Waals surface area contributed by atoms with Crippen molar-refractivity contribution < 1.29 is 9.84 Å². The Morgan fingerprint density at radius 1 is 1.07 bits per heavy atom. The van der Waals surface area contributed by atoms with Crippen LogP contribution in [0.5, 0.6) is 5.75 Å². The van der Waals surface area contributed by atoms with Crippen molar-refractivity contribution >= 4 is 6.08 Å². The summed E-state index contributed by atoms with van der Waals surface area (Å²) >= 11 is 0. The number of hydrogen-bond acceptors (Lipinski definition) is 3. The molecule has 0 aliphatic heterocycles. The van der Waals surface area contributed by atoms with Crippen LogP contribution in [0, 0.1) is 5.92 Å². The summed E-state index contributed by atoms with van der Waals surface area (Å²) in [7, 11) is 5.90. The van der Waals surface area contributed by atoms with Gasteiger partial charge in [-0.05, 0) is 75.0 Å². The molecule has 2 atom stereocenters. The third-order valence-corrected chi connectivity index (χ3v) is 6.16. The quantitative estimate of drug-likeness (QED) is 0.657. The summed E-state index contributed by atoms with van der Waals surface area (Å²) in [6.07, 6.45) is 8.22. The molecule has 3 rings (SSSR count). The smallest absolute Gasteiger partial charge is 0.118 e. The molecule has 1 aliphatic carbocycles. The van der Waals surface area contributed by atoms with Crippen LogP contribution in [0.4, 0.5) is 0 Å². The first-order chi connectivity index (χ1) is 14.0. The molecule has 2 unspecified atom stereocenters. The summed E-state index contributed by atoms with van der Waals surface area (Å²) < 4.78 is 5.29. The zero-order valence-electron chi connectivity index (χ0n) is 18.1. The van der Waals surface area contributed by atoms with Crippen LogP contribution in [-0.2, 0) is 6.42 Å². The van der Waals surface area contributed by atoms with Gasteiger partial charge in [-0.3, -0.25) is 0 Å². The summed E-state index contributed by atoms with van der Waals surface area (Å²) in [5.74, 6) is 1.10. The average molecular weight is 394 g/mol. The van der Waals surface area contributed by atoms with Gasteiger partial charge in [-0.15, -0.1) is 0 Å². The van der Waals surface area contributed by atoms with Gasteiger partial charge in [0.2, 0.25) is 0 Å². The van der Waals surface area contributed by atoms with E-state index in [2.05, 4.69) is 61.5 Å². The summed E-state index contributed by atoms with van der Waals surface area (Å²) in [5, 5.41) is 12.1. The Balaban J connectivity index is 1.93. The number of aliphatic hydroxyl groups is 1. The maximum Gasteiger partial charge on any atom is 0.118 e. The lowest BCUT2D eigenvalue weighted by molar-refractivity contribution is -0.00218. The fourth-order valence-corrected chi connectivity index (χ4v) is 4.55. The van der Waals surface area contributed by atoms with Crippen LogP contribution in [-0.4, -0.2) is 43.4 Å². The molecule has 0 bridgehead atoms. The van der Waals surface area contributed by atoms with Crippen LogP contribution in [0.25, 0.3) is 6.08 Å². The maximum absolute atomic E-state index is 12.1. The zero-order chi connectivity index (χ0) is 20.7. The maximum atomic E-state index is 12.1. The molecule has 29 heavy (non-hydrogen) atoms. The van der Waals surface area contributed by atoms with Crippen LogP contribution in [0.2, 0.25) is 0 Å². The van der Waals surface area contributed by atoms with Gasteiger partial charge in [-0.25, -0.2) is 0 Å². The van der Waals surface area contributed by atoms with E-state index in [0.29, 0.717) is 0 Å². The molecule has 1 saturated carbocycles. The van der Waals surface area contributed by atoms with E-state index in [-0.39, 0.29) is 5.92 Å². The normalized spacial score (nSPS) is 23.9. The van der Waals surface area contributed by atoms with E-state index in [1.165, 1.54) is 17.6 Å². The SMILES string of the molecule is COc1ccc(/C=C2\CCCCC(CN(C)C)C2(O)CCc2ccccc2)cc1. The fraction of sp³-hybridized carbons (Fsp3) is 0.462. The lowest BCUT2D eigenvalue weighted by atomic mass is 9.75. The van der Waals surface area contributed by atoms with Crippen molar-refractivity contribution in [3.8, 4) is 5.75 Å². The van der Waals surface area contributed by atoms with Gasteiger partial charge in [0.1, 0.15) is 5.75 Å². The minimum atomic E-state index is -0.781. The lowest BCUT2D eigenvalue weighted by Gasteiger charge is -2.39. The molecule has 1 aliphatic rings. The first kappa shape index (κ1) is 21.6. The molecule has 0 radical (unpaired) electrons. The Morgan fingerprint density at radius 2 is 1.79 bits per heavy atom. The Kier molecular flexibility index (Phi) is 7.51. The zero-order valence-corrected chi connectivity index (χ0v) is 18.1. The number of rotatable bonds is 7. The minimum Gasteiger partial charge on any atom is -0.497 e. The molecule has 156 valence electrons. The van der Waals surface area contributed by atoms with E-state index >= 15 is 0 Å². The molecule has 2 aromatic carbocycles. The van der Waals surface area contributed by atoms with E-state index < -0.39 is 5.60 Å². The second kappa shape index (κ2) is 10.1. The highest BCUT2D eigenvalue weighted by atomic mass is 16.5. The second-order valence-electron chi connectivity index (χ2n) is 8.56. The average Bonchev–Trinajstić information content (AvgIpc) is 2.87. The Morgan fingerprint density at radius 3 is 2.45 bits per heavy atom. The topological polar surface area (TPSA) is 32.7 Å². The van der Waals surface area contributed by atoms with Crippen molar-refractivity contribution in [2.24, 2.45) is 5.92 Å². The van der Waals surface area contributed by atoms with E-state index in [1.807, 2.05) is 18.2 Å². The molecule has 0 saturated heterocycles. The van der Waals surface area contributed by atoms with Crippen LogP contribution in [0.3, 0.4) is 0 Å². The second-order valence-corrected chi connectivity index (χ2v) is 8.56. The summed E-state index contributed by atoms with van der Waals surface area (Å²) in [5.41, 5.74) is 2.82. The Hall–Kier alpha value is -2.10. The molecular weight excluding hydrogens is 358 g/mol. The lowest BCUT2D eigenvalue weighted by Crippen LogP contribution is -2.44. The summed E-state index contributed by atoms with van der Waals surface area (Å²) in [4.78, 5) is 2.22. The van der Waals surface area contributed by atoms with Crippen LogP contribution in [0.15, 0.2) is 60.2 Å². The predicted octanol–water partition coefficient (Wildman–Crippen LogP) is 5.19. The monoisotopic (exact) mass is 393 g/mol. The Bertz CT molecular complexity index is 782. The van der Waals surface area contributed by atoms with E-state index in [1.54, 1.807) is 7.11 Å². The number of ether oxygens (including phenoxy) is 1. The van der Waals surface area contributed by atoms with Crippen LogP contribution < -0.4 is 4.74 Å². The molecule has 0 heterocycles. The highest BCUT2D eigenvalue weighted by molar-refractivity contribution is 5.56. The van der Waals surface area contributed by atoms with Crippen LogP contribution in [0.1, 0.15) is 43.2 Å².